The summed E-state index contributed by atoms with van der Waals surface area (Å²) < 4.78 is 61.1. The maximum atomic E-state index is 14.8. The summed E-state index contributed by atoms with van der Waals surface area (Å²) in [6.45, 7) is 7.41. The van der Waals surface area contributed by atoms with Crippen LogP contribution in [-0.4, -0.2) is 53.5 Å². The zero-order chi connectivity index (χ0) is 27.4. The first-order chi connectivity index (χ1) is 18.0. The molecule has 1 amide bonds. The number of allylic oxidation sites excluding steroid dienone is 1. The molecule has 0 saturated carbocycles. The number of carbonyl (C=O) groups is 1. The van der Waals surface area contributed by atoms with Gasteiger partial charge in [0.05, 0.1) is 11.3 Å². The third-order valence-electron chi connectivity index (χ3n) is 6.22. The van der Waals surface area contributed by atoms with Gasteiger partial charge in [0.25, 0.3) is 5.91 Å². The average Bonchev–Trinajstić information content (AvgIpc) is 3.22. The Hall–Kier alpha value is -3.93. The van der Waals surface area contributed by atoms with Crippen LogP contribution in [0.2, 0.25) is 0 Å². The van der Waals surface area contributed by atoms with Gasteiger partial charge in [0.2, 0.25) is 11.8 Å². The zero-order valence-electron chi connectivity index (χ0n) is 21.0. The Morgan fingerprint density at radius 3 is 2.68 bits per heavy atom. The summed E-state index contributed by atoms with van der Waals surface area (Å²) in [6, 6.07) is 4.47. The molecule has 0 spiro atoms. The van der Waals surface area contributed by atoms with Crippen molar-refractivity contribution in [2.45, 2.75) is 32.0 Å². The van der Waals surface area contributed by atoms with Crippen LogP contribution in [0.3, 0.4) is 0 Å². The SMILES string of the molecule is C=C(Oc1nc(Nc2ccc(NC3CCN(C)CC3)c(F)c2)ncc1C(F)(F)F)C1=C(/C=C\C)CNC1=O. The van der Waals surface area contributed by atoms with Gasteiger partial charge in [-0.2, -0.15) is 18.2 Å². The molecule has 38 heavy (non-hydrogen) atoms. The number of rotatable bonds is 8. The number of ether oxygens (including phenoxy) is 1. The highest BCUT2D eigenvalue weighted by Crippen LogP contribution is 2.37. The molecule has 0 bridgehead atoms. The quantitative estimate of drug-likeness (QED) is 0.333. The number of aromatic nitrogens is 2. The number of nitrogens with zero attached hydrogens (tertiary/aromatic N) is 3. The Labute approximate surface area is 217 Å². The summed E-state index contributed by atoms with van der Waals surface area (Å²) in [5.41, 5.74) is -0.139. The van der Waals surface area contributed by atoms with Crippen molar-refractivity contribution in [2.75, 3.05) is 37.3 Å². The van der Waals surface area contributed by atoms with E-state index in [2.05, 4.69) is 37.4 Å². The van der Waals surface area contributed by atoms with E-state index in [1.165, 1.54) is 6.07 Å². The fourth-order valence-corrected chi connectivity index (χ4v) is 4.23. The fraction of sp³-hybridized carbons (Fsp3) is 0.346. The second-order valence-corrected chi connectivity index (χ2v) is 9.06. The predicted octanol–water partition coefficient (Wildman–Crippen LogP) is 4.78. The third kappa shape index (κ3) is 6.31. The fourth-order valence-electron chi connectivity index (χ4n) is 4.23. The van der Waals surface area contributed by atoms with Gasteiger partial charge in [-0.05, 0) is 63.7 Å². The molecule has 0 aliphatic carbocycles. The third-order valence-corrected chi connectivity index (χ3v) is 6.22. The standard InChI is InChI=1S/C26H28F4N6O2/c1-4-5-16-13-31-23(37)22(16)15(2)38-24-19(26(28,29)30)14-32-25(35-24)34-18-6-7-21(20(27)12-18)33-17-8-10-36(3)11-9-17/h4-7,12,14,17,33H,2,8-11,13H2,1,3H3,(H,31,37)(H,32,34,35)/b5-4-. The van der Waals surface area contributed by atoms with Gasteiger partial charge < -0.3 is 25.6 Å². The minimum absolute atomic E-state index is 0.0270. The number of carbonyl (C=O) groups excluding carboxylic acids is 1. The van der Waals surface area contributed by atoms with Gasteiger partial charge in [-0.25, -0.2) is 9.37 Å². The zero-order valence-corrected chi connectivity index (χ0v) is 21.0. The topological polar surface area (TPSA) is 91.4 Å². The van der Waals surface area contributed by atoms with Gasteiger partial charge >= 0.3 is 6.18 Å². The van der Waals surface area contributed by atoms with E-state index in [0.29, 0.717) is 17.5 Å². The van der Waals surface area contributed by atoms with Crippen molar-refractivity contribution in [3.63, 3.8) is 0 Å². The van der Waals surface area contributed by atoms with Crippen molar-refractivity contribution in [3.05, 3.63) is 71.4 Å². The molecule has 1 fully saturated rings. The lowest BCUT2D eigenvalue weighted by Crippen LogP contribution is -2.36. The summed E-state index contributed by atoms with van der Waals surface area (Å²) in [5, 5.41) is 8.49. The number of halogens is 4. The Balaban J connectivity index is 1.54. The molecule has 0 radical (unpaired) electrons. The van der Waals surface area contributed by atoms with Crippen LogP contribution >= 0.6 is 0 Å². The number of amides is 1. The minimum Gasteiger partial charge on any atom is -0.438 e. The van der Waals surface area contributed by atoms with Crippen molar-refractivity contribution < 1.29 is 27.1 Å². The van der Waals surface area contributed by atoms with Crippen molar-refractivity contribution in [1.82, 2.24) is 20.2 Å². The van der Waals surface area contributed by atoms with E-state index in [1.807, 2.05) is 7.05 Å². The number of nitrogens with one attached hydrogen (secondary N) is 3. The van der Waals surface area contributed by atoms with Crippen molar-refractivity contribution in [1.29, 1.82) is 0 Å². The van der Waals surface area contributed by atoms with Crippen LogP contribution in [0.25, 0.3) is 0 Å². The molecule has 202 valence electrons. The molecule has 3 heterocycles. The Morgan fingerprint density at radius 2 is 2.03 bits per heavy atom. The summed E-state index contributed by atoms with van der Waals surface area (Å²) in [6.07, 6.45) is 0.820. The molecule has 1 saturated heterocycles. The van der Waals surface area contributed by atoms with E-state index in [1.54, 1.807) is 31.2 Å². The lowest BCUT2D eigenvalue weighted by molar-refractivity contribution is -0.139. The number of anilines is 3. The van der Waals surface area contributed by atoms with Crippen molar-refractivity contribution in [2.24, 2.45) is 0 Å². The van der Waals surface area contributed by atoms with E-state index >= 15 is 0 Å². The number of alkyl halides is 3. The van der Waals surface area contributed by atoms with Crippen LogP contribution < -0.4 is 20.7 Å². The van der Waals surface area contributed by atoms with Gasteiger partial charge in [0.1, 0.15) is 17.1 Å². The van der Waals surface area contributed by atoms with Gasteiger partial charge in [-0.15, -0.1) is 0 Å². The normalized spacial score (nSPS) is 17.2. The van der Waals surface area contributed by atoms with Gasteiger partial charge in [-0.3, -0.25) is 4.79 Å². The summed E-state index contributed by atoms with van der Waals surface area (Å²) in [7, 11) is 2.04. The van der Waals surface area contributed by atoms with Crippen LogP contribution in [0, 0.1) is 5.82 Å². The Kier molecular flexibility index (Phi) is 8.00. The van der Waals surface area contributed by atoms with Crippen LogP contribution in [0.4, 0.5) is 34.9 Å². The molecular formula is C26H28F4N6O2. The maximum absolute atomic E-state index is 14.8. The smallest absolute Gasteiger partial charge is 0.423 e. The summed E-state index contributed by atoms with van der Waals surface area (Å²) in [4.78, 5) is 22.0. The molecule has 1 aromatic carbocycles. The number of piperidine rings is 1. The Morgan fingerprint density at radius 1 is 1.29 bits per heavy atom. The number of hydrogen-bond donors (Lipinski definition) is 3. The van der Waals surface area contributed by atoms with Crippen LogP contribution in [-0.2, 0) is 11.0 Å². The highest BCUT2D eigenvalue weighted by atomic mass is 19.4. The molecule has 8 nitrogen and oxygen atoms in total. The first kappa shape index (κ1) is 27.1. The van der Waals surface area contributed by atoms with E-state index in [-0.39, 0.29) is 35.6 Å². The lowest BCUT2D eigenvalue weighted by Gasteiger charge is -2.30. The second kappa shape index (κ2) is 11.2. The Bertz CT molecular complexity index is 1280. The largest absolute Gasteiger partial charge is 0.438 e. The molecule has 12 heteroatoms. The highest BCUT2D eigenvalue weighted by molar-refractivity contribution is 6.01. The van der Waals surface area contributed by atoms with Gasteiger partial charge in [-0.1, -0.05) is 18.7 Å². The van der Waals surface area contributed by atoms with Gasteiger partial charge in [0, 0.05) is 24.5 Å². The van der Waals surface area contributed by atoms with Crippen LogP contribution in [0.15, 0.2) is 60.0 Å². The van der Waals surface area contributed by atoms with Crippen molar-refractivity contribution >= 4 is 23.2 Å². The van der Waals surface area contributed by atoms with Crippen molar-refractivity contribution in [3.8, 4) is 5.88 Å². The molecule has 0 unspecified atom stereocenters. The van der Waals surface area contributed by atoms with Crippen LogP contribution in [0.5, 0.6) is 5.88 Å². The molecule has 2 aliphatic rings. The summed E-state index contributed by atoms with van der Waals surface area (Å²) in [5.74, 6) is -2.43. The first-order valence-electron chi connectivity index (χ1n) is 12.0. The number of hydrogen-bond acceptors (Lipinski definition) is 7. The maximum Gasteiger partial charge on any atom is 0.423 e. The number of benzene rings is 1. The van der Waals surface area contributed by atoms with E-state index in [4.69, 9.17) is 4.74 Å². The average molecular weight is 533 g/mol. The second-order valence-electron chi connectivity index (χ2n) is 9.06. The van der Waals surface area contributed by atoms with E-state index in [0.717, 1.165) is 25.9 Å². The molecule has 2 aliphatic heterocycles. The van der Waals surface area contributed by atoms with E-state index < -0.39 is 29.3 Å². The minimum atomic E-state index is -4.83. The highest BCUT2D eigenvalue weighted by Gasteiger charge is 2.37. The molecule has 4 rings (SSSR count). The molecular weight excluding hydrogens is 504 g/mol. The molecule has 1 aromatic heterocycles. The summed E-state index contributed by atoms with van der Waals surface area (Å²) >= 11 is 0. The predicted molar refractivity (Wildman–Crippen MR) is 135 cm³/mol. The molecule has 3 N–H and O–H groups in total. The van der Waals surface area contributed by atoms with E-state index in [9.17, 15) is 22.4 Å². The van der Waals surface area contributed by atoms with Crippen LogP contribution in [0.1, 0.15) is 25.3 Å². The molecule has 0 atom stereocenters. The van der Waals surface area contributed by atoms with Gasteiger partial charge in [0.15, 0.2) is 0 Å². The lowest BCUT2D eigenvalue weighted by atomic mass is 10.1. The molecule has 2 aromatic rings. The monoisotopic (exact) mass is 532 g/mol. The number of likely N-dealkylation sites (tertiary alicyclic amines) is 1. The first-order valence-corrected chi connectivity index (χ1v) is 12.0.